The molecule has 24 heavy (non-hydrogen) atoms. The first-order valence-corrected chi connectivity index (χ1v) is 9.32. The summed E-state index contributed by atoms with van der Waals surface area (Å²) in [6.45, 7) is 1.39. The molecule has 128 valence electrons. The fraction of sp³-hybridized carbons (Fsp3) is 0.375. The maximum atomic E-state index is 11.3. The van der Waals surface area contributed by atoms with Crippen molar-refractivity contribution in [3.05, 3.63) is 48.3 Å². The Morgan fingerprint density at radius 3 is 2.50 bits per heavy atom. The van der Waals surface area contributed by atoms with Crippen molar-refractivity contribution in [2.45, 2.75) is 23.8 Å². The molecule has 3 N–H and O–H groups in total. The summed E-state index contributed by atoms with van der Waals surface area (Å²) in [6.07, 6.45) is 3.72. The van der Waals surface area contributed by atoms with Gasteiger partial charge in [0.25, 0.3) is 0 Å². The summed E-state index contributed by atoms with van der Waals surface area (Å²) in [5, 5.41) is 15.7. The molecule has 1 saturated heterocycles. The SMILES string of the molecule is NS(=O)(=O)c1cnc(N2CCCC(C(O)c3ccccc3)C2)nc1. The molecule has 0 aliphatic carbocycles. The predicted octanol–water partition coefficient (Wildman–Crippen LogP) is 1.07. The van der Waals surface area contributed by atoms with Gasteiger partial charge in [0, 0.05) is 19.0 Å². The number of aromatic nitrogens is 2. The van der Waals surface area contributed by atoms with E-state index in [-0.39, 0.29) is 10.8 Å². The molecule has 0 radical (unpaired) electrons. The molecule has 3 rings (SSSR count). The topological polar surface area (TPSA) is 109 Å². The van der Waals surface area contributed by atoms with Crippen molar-refractivity contribution in [3.63, 3.8) is 0 Å². The van der Waals surface area contributed by atoms with E-state index in [1.807, 2.05) is 35.2 Å². The molecule has 0 saturated carbocycles. The highest BCUT2D eigenvalue weighted by molar-refractivity contribution is 7.89. The Kier molecular flexibility index (Phi) is 4.79. The lowest BCUT2D eigenvalue weighted by atomic mass is 9.89. The molecule has 0 spiro atoms. The van der Waals surface area contributed by atoms with E-state index in [1.165, 1.54) is 12.4 Å². The normalized spacial score (nSPS) is 19.9. The predicted molar refractivity (Wildman–Crippen MR) is 89.7 cm³/mol. The van der Waals surface area contributed by atoms with Gasteiger partial charge in [-0.2, -0.15) is 0 Å². The highest BCUT2D eigenvalue weighted by atomic mass is 32.2. The second kappa shape index (κ2) is 6.84. The molecule has 1 fully saturated rings. The Balaban J connectivity index is 1.74. The number of benzene rings is 1. The van der Waals surface area contributed by atoms with Gasteiger partial charge >= 0.3 is 0 Å². The number of piperidine rings is 1. The number of aliphatic hydroxyl groups is 1. The van der Waals surface area contributed by atoms with E-state index in [0.717, 1.165) is 24.9 Å². The average Bonchev–Trinajstić information content (AvgIpc) is 2.61. The number of rotatable bonds is 4. The van der Waals surface area contributed by atoms with E-state index in [9.17, 15) is 13.5 Å². The number of primary sulfonamides is 1. The van der Waals surface area contributed by atoms with Crippen LogP contribution in [0, 0.1) is 5.92 Å². The third-order valence-electron chi connectivity index (χ3n) is 4.27. The van der Waals surface area contributed by atoms with Gasteiger partial charge in [-0.1, -0.05) is 30.3 Å². The fourth-order valence-corrected chi connectivity index (χ4v) is 3.39. The van der Waals surface area contributed by atoms with Crippen LogP contribution in [0.3, 0.4) is 0 Å². The highest BCUT2D eigenvalue weighted by Crippen LogP contribution is 2.30. The van der Waals surface area contributed by atoms with Crippen LogP contribution in [0.1, 0.15) is 24.5 Å². The van der Waals surface area contributed by atoms with E-state index in [0.29, 0.717) is 12.5 Å². The number of anilines is 1. The Labute approximate surface area is 141 Å². The van der Waals surface area contributed by atoms with E-state index >= 15 is 0 Å². The van der Waals surface area contributed by atoms with Crippen LogP contribution >= 0.6 is 0 Å². The molecule has 1 aromatic carbocycles. The number of aliphatic hydroxyl groups excluding tert-OH is 1. The Morgan fingerprint density at radius 2 is 1.88 bits per heavy atom. The lowest BCUT2D eigenvalue weighted by Gasteiger charge is -2.35. The molecule has 0 bridgehead atoms. The highest BCUT2D eigenvalue weighted by Gasteiger charge is 2.28. The molecule has 7 nitrogen and oxygen atoms in total. The van der Waals surface area contributed by atoms with E-state index < -0.39 is 16.1 Å². The summed E-state index contributed by atoms with van der Waals surface area (Å²) >= 11 is 0. The first-order chi connectivity index (χ1) is 11.4. The smallest absolute Gasteiger partial charge is 0.241 e. The van der Waals surface area contributed by atoms with Crippen LogP contribution in [0.2, 0.25) is 0 Å². The zero-order valence-corrected chi connectivity index (χ0v) is 13.9. The van der Waals surface area contributed by atoms with Gasteiger partial charge in [-0.3, -0.25) is 0 Å². The van der Waals surface area contributed by atoms with Crippen LogP contribution in [0.4, 0.5) is 5.95 Å². The Morgan fingerprint density at radius 1 is 1.21 bits per heavy atom. The van der Waals surface area contributed by atoms with Crippen molar-refractivity contribution in [1.29, 1.82) is 0 Å². The zero-order chi connectivity index (χ0) is 17.2. The summed E-state index contributed by atoms with van der Waals surface area (Å²) < 4.78 is 22.5. The van der Waals surface area contributed by atoms with Crippen LogP contribution in [-0.2, 0) is 10.0 Å². The zero-order valence-electron chi connectivity index (χ0n) is 13.1. The summed E-state index contributed by atoms with van der Waals surface area (Å²) in [5.74, 6) is 0.523. The Hall–Kier alpha value is -2.03. The molecule has 2 heterocycles. The average molecular weight is 348 g/mol. The lowest BCUT2D eigenvalue weighted by Crippen LogP contribution is -2.38. The quantitative estimate of drug-likeness (QED) is 0.855. The van der Waals surface area contributed by atoms with Crippen molar-refractivity contribution in [2.75, 3.05) is 18.0 Å². The monoisotopic (exact) mass is 348 g/mol. The van der Waals surface area contributed by atoms with Crippen molar-refractivity contribution in [3.8, 4) is 0 Å². The number of nitrogens with zero attached hydrogens (tertiary/aromatic N) is 3. The van der Waals surface area contributed by atoms with Gasteiger partial charge in [-0.05, 0) is 18.4 Å². The minimum Gasteiger partial charge on any atom is -0.388 e. The van der Waals surface area contributed by atoms with Crippen molar-refractivity contribution in [2.24, 2.45) is 11.1 Å². The van der Waals surface area contributed by atoms with Crippen LogP contribution in [-0.4, -0.2) is 36.6 Å². The largest absolute Gasteiger partial charge is 0.388 e. The van der Waals surface area contributed by atoms with E-state index in [4.69, 9.17) is 5.14 Å². The molecular formula is C16H20N4O3S. The molecule has 2 atom stereocenters. The van der Waals surface area contributed by atoms with Gasteiger partial charge in [0.05, 0.1) is 18.5 Å². The first-order valence-electron chi connectivity index (χ1n) is 7.78. The van der Waals surface area contributed by atoms with E-state index in [2.05, 4.69) is 9.97 Å². The summed E-state index contributed by atoms with van der Waals surface area (Å²) in [6, 6.07) is 9.58. The van der Waals surface area contributed by atoms with Crippen LogP contribution in [0.25, 0.3) is 0 Å². The van der Waals surface area contributed by atoms with Gasteiger partial charge in [-0.25, -0.2) is 23.5 Å². The molecule has 8 heteroatoms. The van der Waals surface area contributed by atoms with Gasteiger partial charge in [0.1, 0.15) is 4.90 Å². The molecule has 2 aromatic rings. The van der Waals surface area contributed by atoms with Gasteiger partial charge in [0.15, 0.2) is 0 Å². The first kappa shape index (κ1) is 16.8. The second-order valence-corrected chi connectivity index (χ2v) is 7.53. The molecule has 1 aliphatic heterocycles. The lowest BCUT2D eigenvalue weighted by molar-refractivity contribution is 0.0978. The number of hydrogen-bond acceptors (Lipinski definition) is 6. The van der Waals surface area contributed by atoms with Gasteiger partial charge in [-0.15, -0.1) is 0 Å². The third kappa shape index (κ3) is 3.72. The number of hydrogen-bond donors (Lipinski definition) is 2. The van der Waals surface area contributed by atoms with Crippen LogP contribution < -0.4 is 10.0 Å². The van der Waals surface area contributed by atoms with Crippen LogP contribution in [0.5, 0.6) is 0 Å². The Bertz CT molecular complexity index is 781. The van der Waals surface area contributed by atoms with Gasteiger partial charge in [0.2, 0.25) is 16.0 Å². The minimum atomic E-state index is -3.79. The van der Waals surface area contributed by atoms with E-state index in [1.54, 1.807) is 0 Å². The fourth-order valence-electron chi connectivity index (χ4n) is 2.99. The summed E-state index contributed by atoms with van der Waals surface area (Å²) in [7, 11) is -3.79. The maximum absolute atomic E-state index is 11.3. The molecule has 1 aliphatic rings. The second-order valence-electron chi connectivity index (χ2n) is 5.97. The van der Waals surface area contributed by atoms with Crippen molar-refractivity contribution < 1.29 is 13.5 Å². The summed E-state index contributed by atoms with van der Waals surface area (Å²) in [4.78, 5) is 10.1. The molecule has 1 aromatic heterocycles. The molecule has 0 amide bonds. The van der Waals surface area contributed by atoms with Crippen molar-refractivity contribution in [1.82, 2.24) is 9.97 Å². The molecular weight excluding hydrogens is 328 g/mol. The molecule has 2 unspecified atom stereocenters. The van der Waals surface area contributed by atoms with Crippen LogP contribution in [0.15, 0.2) is 47.6 Å². The minimum absolute atomic E-state index is 0.0719. The van der Waals surface area contributed by atoms with Crippen molar-refractivity contribution >= 4 is 16.0 Å². The summed E-state index contributed by atoms with van der Waals surface area (Å²) in [5.41, 5.74) is 0.898. The standard InChI is InChI=1S/C16H20N4O3S/c17-24(22,23)14-9-18-16(19-10-14)20-8-4-7-13(11-20)15(21)12-5-2-1-3-6-12/h1-3,5-6,9-10,13,15,21H,4,7-8,11H2,(H2,17,22,23). The number of sulfonamides is 1. The van der Waals surface area contributed by atoms with Gasteiger partial charge < -0.3 is 10.0 Å². The maximum Gasteiger partial charge on any atom is 0.241 e. The third-order valence-corrected chi connectivity index (χ3v) is 5.14. The number of nitrogens with two attached hydrogens (primary N) is 1.